The first kappa shape index (κ1) is 17.3. The Hall–Kier alpha value is -0.730. The lowest BCUT2D eigenvalue weighted by molar-refractivity contribution is -0.142. The van der Waals surface area contributed by atoms with Crippen molar-refractivity contribution in [2.24, 2.45) is 0 Å². The fourth-order valence-electron chi connectivity index (χ4n) is 1.28. The lowest BCUT2D eigenvalue weighted by atomic mass is 10.1. The summed E-state index contributed by atoms with van der Waals surface area (Å²) in [6, 6.07) is 0. The molecule has 1 fully saturated rings. The van der Waals surface area contributed by atoms with Crippen LogP contribution in [0.3, 0.4) is 0 Å². The molecule has 1 rings (SSSR count). The molecule has 7 heteroatoms. The maximum absolute atomic E-state index is 10.5. The van der Waals surface area contributed by atoms with Gasteiger partial charge in [-0.15, -0.1) is 0 Å². The predicted octanol–water partition coefficient (Wildman–Crippen LogP) is -1.84. The molecule has 0 aromatic heterocycles. The van der Waals surface area contributed by atoms with Crippen LogP contribution in [0.2, 0.25) is 0 Å². The SMILES string of the molecule is O=C1CCCCCO1.OC[C@@H](O)C(O)[C@@H](O)CO. The molecule has 0 saturated carbocycles. The van der Waals surface area contributed by atoms with E-state index in [1.165, 1.54) is 0 Å². The number of esters is 1. The summed E-state index contributed by atoms with van der Waals surface area (Å²) >= 11 is 0. The number of cyclic esters (lactones) is 1. The van der Waals surface area contributed by atoms with Gasteiger partial charge in [0.2, 0.25) is 0 Å². The minimum Gasteiger partial charge on any atom is -0.466 e. The van der Waals surface area contributed by atoms with Gasteiger partial charge in [-0.25, -0.2) is 0 Å². The molecule has 1 aliphatic heterocycles. The third kappa shape index (κ3) is 7.57. The Morgan fingerprint density at radius 2 is 1.56 bits per heavy atom. The summed E-state index contributed by atoms with van der Waals surface area (Å²) in [5.74, 6) is -0.0255. The highest BCUT2D eigenvalue weighted by atomic mass is 16.5. The zero-order valence-corrected chi connectivity index (χ0v) is 10.2. The van der Waals surface area contributed by atoms with Gasteiger partial charge in [0.1, 0.15) is 18.3 Å². The Balaban J connectivity index is 0.000000327. The minimum absolute atomic E-state index is 0.0255. The van der Waals surface area contributed by atoms with E-state index in [9.17, 15) is 4.79 Å². The number of carbonyl (C=O) groups excluding carboxylic acids is 1. The van der Waals surface area contributed by atoms with Crippen LogP contribution in [0, 0.1) is 0 Å². The van der Waals surface area contributed by atoms with Gasteiger partial charge in [-0.3, -0.25) is 4.79 Å². The van der Waals surface area contributed by atoms with Gasteiger partial charge in [0.25, 0.3) is 0 Å². The van der Waals surface area contributed by atoms with Crippen molar-refractivity contribution >= 4 is 5.97 Å². The van der Waals surface area contributed by atoms with Crippen LogP contribution in [-0.4, -0.2) is 69.6 Å². The van der Waals surface area contributed by atoms with Gasteiger partial charge in [0, 0.05) is 6.42 Å². The summed E-state index contributed by atoms with van der Waals surface area (Å²) in [5.41, 5.74) is 0. The normalized spacial score (nSPS) is 20.8. The zero-order valence-electron chi connectivity index (χ0n) is 10.2. The lowest BCUT2D eigenvalue weighted by Crippen LogP contribution is -2.41. The van der Waals surface area contributed by atoms with Crippen LogP contribution in [0.15, 0.2) is 0 Å². The second-order valence-corrected chi connectivity index (χ2v) is 4.02. The number of hydrogen-bond acceptors (Lipinski definition) is 7. The Morgan fingerprint density at radius 3 is 2.06 bits per heavy atom. The number of hydrogen-bond donors (Lipinski definition) is 5. The molecule has 1 aliphatic rings. The van der Waals surface area contributed by atoms with Crippen molar-refractivity contribution in [2.75, 3.05) is 19.8 Å². The van der Waals surface area contributed by atoms with E-state index in [0.717, 1.165) is 19.3 Å². The van der Waals surface area contributed by atoms with Gasteiger partial charge in [-0.1, -0.05) is 0 Å². The molecule has 0 aliphatic carbocycles. The first-order valence-corrected chi connectivity index (χ1v) is 5.94. The van der Waals surface area contributed by atoms with E-state index >= 15 is 0 Å². The van der Waals surface area contributed by atoms with Gasteiger partial charge >= 0.3 is 5.97 Å². The van der Waals surface area contributed by atoms with Gasteiger partial charge in [0.05, 0.1) is 19.8 Å². The van der Waals surface area contributed by atoms with Crippen molar-refractivity contribution in [1.82, 2.24) is 0 Å². The first-order valence-electron chi connectivity index (χ1n) is 5.94. The minimum atomic E-state index is -1.49. The van der Waals surface area contributed by atoms with Crippen molar-refractivity contribution in [3.05, 3.63) is 0 Å². The summed E-state index contributed by atoms with van der Waals surface area (Å²) in [6.07, 6.45) is -0.463. The van der Waals surface area contributed by atoms with Crippen LogP contribution in [0.4, 0.5) is 0 Å². The third-order valence-corrected chi connectivity index (χ3v) is 2.45. The summed E-state index contributed by atoms with van der Waals surface area (Å²) in [5, 5.41) is 42.6. The van der Waals surface area contributed by atoms with Crippen molar-refractivity contribution < 1.29 is 35.1 Å². The molecule has 0 aromatic carbocycles. The predicted molar refractivity (Wildman–Crippen MR) is 61.6 cm³/mol. The summed E-state index contributed by atoms with van der Waals surface area (Å²) < 4.78 is 4.76. The molecule has 108 valence electrons. The average Bonchev–Trinajstić information content (AvgIpc) is 2.64. The molecule has 5 N–H and O–H groups in total. The Morgan fingerprint density at radius 1 is 1.00 bits per heavy atom. The van der Waals surface area contributed by atoms with Crippen LogP contribution < -0.4 is 0 Å². The Bertz CT molecular complexity index is 201. The molecule has 7 nitrogen and oxygen atoms in total. The standard InChI is InChI=1S/C6H10O2.C5H12O5/c7-6-4-2-1-3-5-8-6;6-1-3(8)5(10)4(9)2-7/h1-5H2;3-10H,1-2H2/t;3-,4+,5?. The van der Waals surface area contributed by atoms with E-state index in [-0.39, 0.29) is 5.97 Å². The van der Waals surface area contributed by atoms with Crippen molar-refractivity contribution in [3.8, 4) is 0 Å². The van der Waals surface area contributed by atoms with Crippen molar-refractivity contribution in [1.29, 1.82) is 0 Å². The highest BCUT2D eigenvalue weighted by molar-refractivity contribution is 5.69. The molecule has 0 aromatic rings. The molecule has 1 saturated heterocycles. The van der Waals surface area contributed by atoms with Crippen LogP contribution >= 0.6 is 0 Å². The Labute approximate surface area is 106 Å². The van der Waals surface area contributed by atoms with Gasteiger partial charge in [-0.05, 0) is 19.3 Å². The van der Waals surface area contributed by atoms with E-state index in [1.54, 1.807) is 0 Å². The molecule has 0 spiro atoms. The van der Waals surface area contributed by atoms with Crippen molar-refractivity contribution in [3.63, 3.8) is 0 Å². The smallest absolute Gasteiger partial charge is 0.305 e. The quantitative estimate of drug-likeness (QED) is 0.378. The maximum atomic E-state index is 10.5. The topological polar surface area (TPSA) is 127 Å². The van der Waals surface area contributed by atoms with Gasteiger partial charge < -0.3 is 30.3 Å². The Kier molecular flexibility index (Phi) is 9.80. The van der Waals surface area contributed by atoms with Gasteiger partial charge in [-0.2, -0.15) is 0 Å². The van der Waals surface area contributed by atoms with Crippen LogP contribution in [0.5, 0.6) is 0 Å². The second-order valence-electron chi connectivity index (χ2n) is 4.02. The fraction of sp³-hybridized carbons (Fsp3) is 0.909. The molecule has 18 heavy (non-hydrogen) atoms. The zero-order chi connectivity index (χ0) is 14.0. The second kappa shape index (κ2) is 10.2. The van der Waals surface area contributed by atoms with Gasteiger partial charge in [0.15, 0.2) is 0 Å². The molecular formula is C11H22O7. The molecule has 1 heterocycles. The maximum Gasteiger partial charge on any atom is 0.305 e. The first-order chi connectivity index (χ1) is 8.52. The number of rotatable bonds is 4. The number of ether oxygens (including phenoxy) is 1. The summed E-state index contributed by atoms with van der Waals surface area (Å²) in [4.78, 5) is 10.5. The van der Waals surface area contributed by atoms with E-state index in [4.69, 9.17) is 30.3 Å². The van der Waals surface area contributed by atoms with E-state index < -0.39 is 31.5 Å². The highest BCUT2D eigenvalue weighted by Crippen LogP contribution is 2.06. The average molecular weight is 266 g/mol. The van der Waals surface area contributed by atoms with Crippen LogP contribution in [0.25, 0.3) is 0 Å². The highest BCUT2D eigenvalue weighted by Gasteiger charge is 2.22. The van der Waals surface area contributed by atoms with Crippen LogP contribution in [-0.2, 0) is 9.53 Å². The number of aliphatic hydroxyl groups is 5. The summed E-state index contributed by atoms with van der Waals surface area (Å²) in [6.45, 7) is -0.644. The van der Waals surface area contributed by atoms with Crippen molar-refractivity contribution in [2.45, 2.75) is 44.0 Å². The summed E-state index contributed by atoms with van der Waals surface area (Å²) in [7, 11) is 0. The lowest BCUT2D eigenvalue weighted by Gasteiger charge is -2.19. The molecule has 3 atom stereocenters. The monoisotopic (exact) mass is 266 g/mol. The molecule has 0 radical (unpaired) electrons. The fourth-order valence-corrected chi connectivity index (χ4v) is 1.28. The van der Waals surface area contributed by atoms with E-state index in [2.05, 4.69) is 0 Å². The molecule has 0 bridgehead atoms. The van der Waals surface area contributed by atoms with E-state index in [0.29, 0.717) is 13.0 Å². The molecular weight excluding hydrogens is 244 g/mol. The van der Waals surface area contributed by atoms with E-state index in [1.807, 2.05) is 0 Å². The number of carbonyl (C=O) groups is 1. The van der Waals surface area contributed by atoms with Crippen LogP contribution in [0.1, 0.15) is 25.7 Å². The molecule has 0 amide bonds. The third-order valence-electron chi connectivity index (χ3n) is 2.45. The molecule has 1 unspecified atom stereocenters. The largest absolute Gasteiger partial charge is 0.466 e. The number of aliphatic hydroxyl groups excluding tert-OH is 5.